The van der Waals surface area contributed by atoms with Crippen LogP contribution < -0.4 is 16.4 Å². The Morgan fingerprint density at radius 2 is 1.74 bits per heavy atom. The third-order valence-electron chi connectivity index (χ3n) is 5.53. The lowest BCUT2D eigenvalue weighted by atomic mass is 10.0. The lowest BCUT2D eigenvalue weighted by Crippen LogP contribution is -2.57. The Kier molecular flexibility index (Phi) is 9.95. The van der Waals surface area contributed by atoms with Gasteiger partial charge in [0.05, 0.1) is 6.61 Å². The lowest BCUT2D eigenvalue weighted by Gasteiger charge is -2.30. The first kappa shape index (κ1) is 26.7. The van der Waals surface area contributed by atoms with Gasteiger partial charge in [0.15, 0.2) is 0 Å². The van der Waals surface area contributed by atoms with Crippen molar-refractivity contribution in [2.75, 3.05) is 13.2 Å². The van der Waals surface area contributed by atoms with Crippen molar-refractivity contribution >= 4 is 29.7 Å². The van der Waals surface area contributed by atoms with E-state index in [4.69, 9.17) is 15.9 Å². The zero-order chi connectivity index (χ0) is 25.3. The molecule has 4 atom stereocenters. The summed E-state index contributed by atoms with van der Waals surface area (Å²) in [5, 5.41) is 32.1. The maximum absolute atomic E-state index is 13.4. The molecule has 1 aliphatic rings. The summed E-state index contributed by atoms with van der Waals surface area (Å²) >= 11 is 0. The molecule has 7 N–H and O–H groups in total. The van der Waals surface area contributed by atoms with Crippen LogP contribution in [-0.2, 0) is 30.4 Å². The van der Waals surface area contributed by atoms with Crippen LogP contribution in [0.2, 0.25) is 0 Å². The van der Waals surface area contributed by atoms with Crippen molar-refractivity contribution in [3.63, 3.8) is 0 Å². The number of likely N-dealkylation sites (tertiary alicyclic amines) is 1. The van der Waals surface area contributed by atoms with Gasteiger partial charge >= 0.3 is 11.9 Å². The molecule has 1 fully saturated rings. The van der Waals surface area contributed by atoms with E-state index >= 15 is 0 Å². The molecule has 12 heteroatoms. The Labute approximate surface area is 196 Å². The van der Waals surface area contributed by atoms with Crippen LogP contribution in [0, 0.1) is 0 Å². The Bertz CT molecular complexity index is 894. The first-order chi connectivity index (χ1) is 16.1. The number of rotatable bonds is 12. The number of hydrogen-bond donors (Lipinski definition) is 6. The van der Waals surface area contributed by atoms with Crippen molar-refractivity contribution in [3.05, 3.63) is 35.9 Å². The molecule has 4 unspecified atom stereocenters. The zero-order valence-electron chi connectivity index (χ0n) is 18.6. The molecule has 34 heavy (non-hydrogen) atoms. The van der Waals surface area contributed by atoms with Gasteiger partial charge in [0, 0.05) is 19.4 Å². The van der Waals surface area contributed by atoms with E-state index in [1.807, 2.05) is 0 Å². The van der Waals surface area contributed by atoms with Crippen LogP contribution in [0.4, 0.5) is 0 Å². The second-order valence-corrected chi connectivity index (χ2v) is 8.06. The Balaban J connectivity index is 2.18. The molecular formula is C22H30N4O8. The number of nitrogens with zero attached hydrogens (tertiary/aromatic N) is 1. The van der Waals surface area contributed by atoms with Gasteiger partial charge in [-0.05, 0) is 24.8 Å². The molecule has 0 spiro atoms. The highest BCUT2D eigenvalue weighted by Gasteiger charge is 2.39. The largest absolute Gasteiger partial charge is 0.481 e. The van der Waals surface area contributed by atoms with Crippen LogP contribution in [0.25, 0.3) is 0 Å². The minimum Gasteiger partial charge on any atom is -0.481 e. The molecular weight excluding hydrogens is 448 g/mol. The molecule has 3 amide bonds. The van der Waals surface area contributed by atoms with E-state index in [0.29, 0.717) is 6.42 Å². The van der Waals surface area contributed by atoms with Gasteiger partial charge in [-0.2, -0.15) is 0 Å². The van der Waals surface area contributed by atoms with Crippen molar-refractivity contribution < 1.29 is 39.3 Å². The number of carboxylic acid groups (broad SMARTS) is 2. The molecule has 0 aromatic heterocycles. The van der Waals surface area contributed by atoms with Crippen molar-refractivity contribution in [1.82, 2.24) is 15.5 Å². The second kappa shape index (κ2) is 12.7. The molecule has 1 aromatic carbocycles. The molecule has 1 heterocycles. The molecule has 1 saturated heterocycles. The zero-order valence-corrected chi connectivity index (χ0v) is 18.6. The summed E-state index contributed by atoms with van der Waals surface area (Å²) in [4.78, 5) is 62.0. The Hall–Kier alpha value is -3.51. The number of hydrogen-bond acceptors (Lipinski definition) is 7. The predicted octanol–water partition coefficient (Wildman–Crippen LogP) is -1.54. The summed E-state index contributed by atoms with van der Waals surface area (Å²) < 4.78 is 0. The summed E-state index contributed by atoms with van der Waals surface area (Å²) in [7, 11) is 0. The number of aliphatic carboxylic acids is 2. The Morgan fingerprint density at radius 3 is 2.32 bits per heavy atom. The number of aliphatic hydroxyl groups excluding tert-OH is 1. The quantitative estimate of drug-likeness (QED) is 0.206. The average Bonchev–Trinajstić information content (AvgIpc) is 3.30. The minimum absolute atomic E-state index is 0.116. The Morgan fingerprint density at radius 1 is 1.06 bits per heavy atom. The molecule has 0 saturated carbocycles. The van der Waals surface area contributed by atoms with Gasteiger partial charge in [-0.25, -0.2) is 4.79 Å². The number of nitrogens with two attached hydrogens (primary N) is 1. The number of amides is 3. The summed E-state index contributed by atoms with van der Waals surface area (Å²) in [6, 6.07) is 4.20. The van der Waals surface area contributed by atoms with Gasteiger partial charge in [-0.1, -0.05) is 30.3 Å². The van der Waals surface area contributed by atoms with Crippen LogP contribution >= 0.6 is 0 Å². The SMILES string of the molecule is NC(CO)C(=O)NC(Cc1ccccc1)C(=O)N1CCCC1C(=O)NC(CCC(=O)O)C(=O)O. The van der Waals surface area contributed by atoms with Gasteiger partial charge in [-0.3, -0.25) is 19.2 Å². The summed E-state index contributed by atoms with van der Waals surface area (Å²) in [5.74, 6) is -4.55. The van der Waals surface area contributed by atoms with Crippen LogP contribution in [0.5, 0.6) is 0 Å². The fourth-order valence-electron chi connectivity index (χ4n) is 3.71. The third kappa shape index (κ3) is 7.52. The monoisotopic (exact) mass is 478 g/mol. The van der Waals surface area contributed by atoms with Gasteiger partial charge < -0.3 is 36.6 Å². The molecule has 0 radical (unpaired) electrons. The van der Waals surface area contributed by atoms with Crippen molar-refractivity contribution in [3.8, 4) is 0 Å². The summed E-state index contributed by atoms with van der Waals surface area (Å²) in [6.07, 6.45) is 0.137. The molecule has 186 valence electrons. The molecule has 12 nitrogen and oxygen atoms in total. The first-order valence-corrected chi connectivity index (χ1v) is 10.9. The molecule has 2 rings (SSSR count). The van der Waals surface area contributed by atoms with E-state index in [2.05, 4.69) is 10.6 Å². The fraction of sp³-hybridized carbons (Fsp3) is 0.500. The van der Waals surface area contributed by atoms with Crippen LogP contribution in [0.1, 0.15) is 31.2 Å². The molecule has 0 aliphatic carbocycles. The average molecular weight is 479 g/mol. The van der Waals surface area contributed by atoms with E-state index in [-0.39, 0.29) is 25.8 Å². The maximum atomic E-state index is 13.4. The van der Waals surface area contributed by atoms with Crippen LogP contribution in [0.3, 0.4) is 0 Å². The van der Waals surface area contributed by atoms with Gasteiger partial charge in [0.25, 0.3) is 0 Å². The van der Waals surface area contributed by atoms with E-state index < -0.39 is 66.9 Å². The van der Waals surface area contributed by atoms with Crippen molar-refractivity contribution in [2.45, 2.75) is 56.3 Å². The normalized spacial score (nSPS) is 17.9. The molecule has 1 aliphatic heterocycles. The van der Waals surface area contributed by atoms with Crippen molar-refractivity contribution in [2.24, 2.45) is 5.73 Å². The summed E-state index contributed by atoms with van der Waals surface area (Å²) in [6.45, 7) is -0.392. The maximum Gasteiger partial charge on any atom is 0.326 e. The summed E-state index contributed by atoms with van der Waals surface area (Å²) in [5.41, 5.74) is 6.32. The fourth-order valence-corrected chi connectivity index (χ4v) is 3.71. The van der Waals surface area contributed by atoms with Crippen LogP contribution in [0.15, 0.2) is 30.3 Å². The van der Waals surface area contributed by atoms with Gasteiger partial charge in [0.1, 0.15) is 24.2 Å². The van der Waals surface area contributed by atoms with Crippen molar-refractivity contribution in [1.29, 1.82) is 0 Å². The number of nitrogens with one attached hydrogen (secondary N) is 2. The molecule has 0 bridgehead atoms. The number of aliphatic hydroxyl groups is 1. The standard InChI is InChI=1S/C22H30N4O8/c23-14(12-27)19(30)25-16(11-13-5-2-1-3-6-13)21(32)26-10-4-7-17(26)20(31)24-15(22(33)34)8-9-18(28)29/h1-3,5-6,14-17,27H,4,7-12,23H2,(H,24,31)(H,25,30)(H,28,29)(H,33,34). The number of carboxylic acids is 2. The topological polar surface area (TPSA) is 199 Å². The molecule has 1 aromatic rings. The smallest absolute Gasteiger partial charge is 0.326 e. The van der Waals surface area contributed by atoms with E-state index in [1.165, 1.54) is 4.90 Å². The van der Waals surface area contributed by atoms with Crippen LogP contribution in [-0.4, -0.2) is 87.2 Å². The van der Waals surface area contributed by atoms with E-state index in [1.54, 1.807) is 30.3 Å². The highest BCUT2D eigenvalue weighted by Crippen LogP contribution is 2.20. The minimum atomic E-state index is -1.41. The highest BCUT2D eigenvalue weighted by atomic mass is 16.4. The number of carbonyl (C=O) groups is 5. The first-order valence-electron chi connectivity index (χ1n) is 10.9. The van der Waals surface area contributed by atoms with E-state index in [0.717, 1.165) is 5.56 Å². The number of carbonyl (C=O) groups excluding carboxylic acids is 3. The van der Waals surface area contributed by atoms with Gasteiger partial charge in [-0.15, -0.1) is 0 Å². The van der Waals surface area contributed by atoms with E-state index in [9.17, 15) is 29.1 Å². The highest BCUT2D eigenvalue weighted by molar-refractivity contribution is 5.94. The number of benzene rings is 1. The second-order valence-electron chi connectivity index (χ2n) is 8.06. The third-order valence-corrected chi connectivity index (χ3v) is 5.53. The predicted molar refractivity (Wildman–Crippen MR) is 118 cm³/mol. The van der Waals surface area contributed by atoms with Gasteiger partial charge in [0.2, 0.25) is 17.7 Å². The lowest BCUT2D eigenvalue weighted by molar-refractivity contribution is -0.145.